The van der Waals surface area contributed by atoms with E-state index in [1.54, 1.807) is 16.9 Å². The van der Waals surface area contributed by atoms with Crippen LogP contribution in [0.3, 0.4) is 0 Å². The summed E-state index contributed by atoms with van der Waals surface area (Å²) < 4.78 is 1.72. The van der Waals surface area contributed by atoms with Crippen molar-refractivity contribution >= 4 is 35.7 Å². The normalized spacial score (nSPS) is 18.8. The largest absolute Gasteiger partial charge is 0.481 e. The third-order valence-corrected chi connectivity index (χ3v) is 7.36. The first-order valence-electron chi connectivity index (χ1n) is 12.7. The van der Waals surface area contributed by atoms with Gasteiger partial charge in [0.1, 0.15) is 5.82 Å². The maximum absolute atomic E-state index is 11.2. The Hall–Kier alpha value is -4.26. The van der Waals surface area contributed by atoms with Crippen molar-refractivity contribution in [1.82, 2.24) is 19.6 Å². The maximum atomic E-state index is 11.2. The van der Waals surface area contributed by atoms with Crippen molar-refractivity contribution in [2.24, 2.45) is 5.92 Å². The van der Waals surface area contributed by atoms with Crippen molar-refractivity contribution in [2.75, 3.05) is 5.73 Å². The standard InChI is InChI=1S/C30H31N5O2/c1-3-21(17-24-7-5-4-6-19(24)2)25-18-33-35-29(31)27(22-12-14-32-15-13-22)28(34-30(25)35)23-10-8-20(9-11-23)16-26(36)37/h3-7,12-15,17-18,20,23H,2,8-11,16,31H2,1H3,(H,36,37)/b21-3+,24-17-. The van der Waals surface area contributed by atoms with E-state index in [1.807, 2.05) is 49.5 Å². The lowest BCUT2D eigenvalue weighted by Gasteiger charge is -2.29. The van der Waals surface area contributed by atoms with E-state index in [0.717, 1.165) is 64.1 Å². The molecule has 0 bridgehead atoms. The number of pyridine rings is 1. The number of aromatic nitrogens is 4. The Labute approximate surface area is 215 Å². The van der Waals surface area contributed by atoms with Crippen molar-refractivity contribution in [3.63, 3.8) is 0 Å². The quantitative estimate of drug-likeness (QED) is 0.412. The van der Waals surface area contributed by atoms with Crippen molar-refractivity contribution in [1.29, 1.82) is 0 Å². The molecule has 0 atom stereocenters. The molecule has 37 heavy (non-hydrogen) atoms. The number of rotatable bonds is 6. The zero-order valence-electron chi connectivity index (χ0n) is 21.0. The van der Waals surface area contributed by atoms with Gasteiger partial charge in [0, 0.05) is 35.9 Å². The summed E-state index contributed by atoms with van der Waals surface area (Å²) in [5.74, 6) is 0.198. The number of carboxylic acid groups (broad SMARTS) is 1. The first kappa shape index (κ1) is 24.4. The molecule has 0 spiro atoms. The van der Waals surface area contributed by atoms with Crippen LogP contribution in [-0.4, -0.2) is 30.7 Å². The van der Waals surface area contributed by atoms with Crippen LogP contribution in [0, 0.1) is 5.92 Å². The molecule has 188 valence electrons. The number of carbonyl (C=O) groups is 1. The number of hydrogen-bond acceptors (Lipinski definition) is 5. The van der Waals surface area contributed by atoms with Crippen LogP contribution >= 0.6 is 0 Å². The van der Waals surface area contributed by atoms with Gasteiger partial charge in [-0.2, -0.15) is 9.61 Å². The predicted octanol–water partition coefficient (Wildman–Crippen LogP) is 4.42. The van der Waals surface area contributed by atoms with Crippen molar-refractivity contribution in [2.45, 2.75) is 44.9 Å². The Bertz CT molecular complexity index is 1580. The molecule has 1 aliphatic carbocycles. The molecule has 4 aromatic rings. The van der Waals surface area contributed by atoms with Gasteiger partial charge in [-0.25, -0.2) is 4.98 Å². The van der Waals surface area contributed by atoms with Gasteiger partial charge in [0.15, 0.2) is 5.65 Å². The Kier molecular flexibility index (Phi) is 6.86. The number of hydrogen-bond donors (Lipinski definition) is 2. The minimum Gasteiger partial charge on any atom is -0.481 e. The summed E-state index contributed by atoms with van der Waals surface area (Å²) in [4.78, 5) is 20.6. The van der Waals surface area contributed by atoms with Gasteiger partial charge in [-0.1, -0.05) is 36.9 Å². The molecular weight excluding hydrogens is 462 g/mol. The second kappa shape index (κ2) is 10.4. The highest BCUT2D eigenvalue weighted by atomic mass is 16.4. The minimum atomic E-state index is -0.729. The van der Waals surface area contributed by atoms with E-state index in [-0.39, 0.29) is 18.3 Å². The zero-order chi connectivity index (χ0) is 25.9. The van der Waals surface area contributed by atoms with Crippen molar-refractivity contribution in [3.8, 4) is 11.1 Å². The summed E-state index contributed by atoms with van der Waals surface area (Å²) in [5.41, 5.74) is 12.2. The van der Waals surface area contributed by atoms with E-state index in [9.17, 15) is 9.90 Å². The molecule has 5 rings (SSSR count). The summed E-state index contributed by atoms with van der Waals surface area (Å²) in [5, 5.41) is 15.9. The highest BCUT2D eigenvalue weighted by molar-refractivity contribution is 5.94. The van der Waals surface area contributed by atoms with Crippen LogP contribution in [0.25, 0.3) is 35.0 Å². The summed E-state index contributed by atoms with van der Waals surface area (Å²) in [7, 11) is 0. The Morgan fingerprint density at radius 3 is 2.57 bits per heavy atom. The van der Waals surface area contributed by atoms with Gasteiger partial charge < -0.3 is 10.8 Å². The molecule has 1 fully saturated rings. The number of aliphatic carboxylic acids is 1. The fraction of sp³-hybridized carbons (Fsp3) is 0.267. The topological polar surface area (TPSA) is 106 Å². The Balaban J connectivity index is 1.65. The van der Waals surface area contributed by atoms with Crippen LogP contribution in [-0.2, 0) is 4.79 Å². The van der Waals surface area contributed by atoms with Crippen LogP contribution in [0.5, 0.6) is 0 Å². The fourth-order valence-corrected chi connectivity index (χ4v) is 5.39. The number of nitrogens with zero attached hydrogens (tertiary/aromatic N) is 4. The van der Waals surface area contributed by atoms with Gasteiger partial charge in [0.25, 0.3) is 0 Å². The van der Waals surface area contributed by atoms with Crippen LogP contribution < -0.4 is 16.2 Å². The first-order valence-corrected chi connectivity index (χ1v) is 12.7. The molecule has 0 amide bonds. The lowest BCUT2D eigenvalue weighted by atomic mass is 9.77. The third-order valence-electron chi connectivity index (χ3n) is 7.36. The van der Waals surface area contributed by atoms with Crippen LogP contribution in [0.2, 0.25) is 0 Å². The van der Waals surface area contributed by atoms with Gasteiger partial charge in [-0.05, 0) is 78.3 Å². The molecule has 7 heteroatoms. The number of nitrogens with two attached hydrogens (primary N) is 1. The van der Waals surface area contributed by atoms with E-state index in [1.165, 1.54) is 0 Å². The van der Waals surface area contributed by atoms with Gasteiger partial charge in [-0.3, -0.25) is 9.78 Å². The van der Waals surface area contributed by atoms with Gasteiger partial charge >= 0.3 is 5.97 Å². The monoisotopic (exact) mass is 493 g/mol. The molecule has 0 unspecified atom stereocenters. The van der Waals surface area contributed by atoms with E-state index >= 15 is 0 Å². The summed E-state index contributed by atoms with van der Waals surface area (Å²) in [6.07, 6.45) is 13.2. The number of allylic oxidation sites excluding steroid dienone is 2. The molecule has 3 heterocycles. The molecule has 1 aliphatic rings. The first-order chi connectivity index (χ1) is 18.0. The Morgan fingerprint density at radius 2 is 1.89 bits per heavy atom. The number of benzene rings is 1. The molecule has 1 saturated carbocycles. The fourth-order valence-electron chi connectivity index (χ4n) is 5.39. The summed E-state index contributed by atoms with van der Waals surface area (Å²) in [6.45, 7) is 6.15. The lowest BCUT2D eigenvalue weighted by molar-refractivity contribution is -0.138. The van der Waals surface area contributed by atoms with E-state index < -0.39 is 5.97 Å². The van der Waals surface area contributed by atoms with Crippen molar-refractivity contribution < 1.29 is 9.90 Å². The molecule has 1 aromatic carbocycles. The smallest absolute Gasteiger partial charge is 0.303 e. The molecule has 0 radical (unpaired) electrons. The third kappa shape index (κ3) is 4.89. The molecule has 3 aromatic heterocycles. The average Bonchev–Trinajstić information content (AvgIpc) is 3.33. The molecule has 0 aliphatic heterocycles. The average molecular weight is 494 g/mol. The van der Waals surface area contributed by atoms with Crippen LogP contribution in [0.4, 0.5) is 5.82 Å². The SMILES string of the molecule is C=c1cccc/c1=C/C(=C\C)c1cnn2c(N)c(-c3ccncc3)c(C3CCC(CC(=O)O)CC3)nc12. The van der Waals surface area contributed by atoms with Gasteiger partial charge in [-0.15, -0.1) is 0 Å². The second-order valence-corrected chi connectivity index (χ2v) is 9.69. The number of carboxylic acids is 1. The number of fused-ring (bicyclic) bond motifs is 1. The highest BCUT2D eigenvalue weighted by Crippen LogP contribution is 2.42. The second-order valence-electron chi connectivity index (χ2n) is 9.69. The van der Waals surface area contributed by atoms with Crippen molar-refractivity contribution in [3.05, 3.63) is 82.8 Å². The van der Waals surface area contributed by atoms with E-state index in [2.05, 4.69) is 28.8 Å². The summed E-state index contributed by atoms with van der Waals surface area (Å²) in [6, 6.07) is 11.9. The maximum Gasteiger partial charge on any atom is 0.303 e. The molecule has 3 N–H and O–H groups in total. The highest BCUT2D eigenvalue weighted by Gasteiger charge is 2.29. The minimum absolute atomic E-state index is 0.182. The number of anilines is 1. The van der Waals surface area contributed by atoms with E-state index in [0.29, 0.717) is 11.5 Å². The van der Waals surface area contributed by atoms with Gasteiger partial charge in [0.05, 0.1) is 11.9 Å². The molecular formula is C30H31N5O2. The molecule has 0 saturated heterocycles. The summed E-state index contributed by atoms with van der Waals surface area (Å²) >= 11 is 0. The van der Waals surface area contributed by atoms with Gasteiger partial charge in [0.2, 0.25) is 0 Å². The predicted molar refractivity (Wildman–Crippen MR) is 147 cm³/mol. The lowest BCUT2D eigenvalue weighted by Crippen LogP contribution is -2.21. The Morgan fingerprint density at radius 1 is 1.16 bits per heavy atom. The van der Waals surface area contributed by atoms with E-state index in [4.69, 9.17) is 10.7 Å². The molecule has 7 nitrogen and oxygen atoms in total. The zero-order valence-corrected chi connectivity index (χ0v) is 21.0. The van der Waals surface area contributed by atoms with Crippen LogP contribution in [0.1, 0.15) is 56.2 Å². The van der Waals surface area contributed by atoms with Crippen LogP contribution in [0.15, 0.2) is 61.1 Å². The number of nitrogen functional groups attached to an aromatic ring is 1.